The number of hydrogen-bond acceptors (Lipinski definition) is 3. The molecular weight excluding hydrogens is 220 g/mol. The van der Waals surface area contributed by atoms with Crippen LogP contribution in [0.15, 0.2) is 11.6 Å². The van der Waals surface area contributed by atoms with Gasteiger partial charge in [-0.2, -0.15) is 0 Å². The summed E-state index contributed by atoms with van der Waals surface area (Å²) in [6, 6.07) is 1.18. The van der Waals surface area contributed by atoms with E-state index in [4.69, 9.17) is 9.47 Å². The van der Waals surface area contributed by atoms with E-state index in [1.807, 2.05) is 0 Å². The predicted octanol–water partition coefficient (Wildman–Crippen LogP) is 1.47. The van der Waals surface area contributed by atoms with Crippen LogP contribution in [0.4, 0.5) is 0 Å². The summed E-state index contributed by atoms with van der Waals surface area (Å²) in [4.78, 5) is 11.4. The Morgan fingerprint density at radius 2 is 2.06 bits per heavy atom. The van der Waals surface area contributed by atoms with Crippen LogP contribution in [0.5, 0.6) is 0 Å². The Morgan fingerprint density at radius 3 is 2.69 bits per heavy atom. The minimum atomic E-state index is -0.214. The van der Waals surface area contributed by atoms with Crippen LogP contribution in [0.3, 0.4) is 0 Å². The molecular formula is C12H24O3Si. The number of hydrogen-bond donors (Lipinski definition) is 0. The second-order valence-corrected chi connectivity index (χ2v) is 4.81. The monoisotopic (exact) mass is 244 g/mol. The van der Waals surface area contributed by atoms with E-state index in [1.165, 1.54) is 16.3 Å². The summed E-state index contributed by atoms with van der Waals surface area (Å²) in [5.41, 5.74) is 0.643. The molecule has 94 valence electrons. The third kappa shape index (κ3) is 8.68. The maximum absolute atomic E-state index is 11.4. The number of rotatable bonds is 9. The summed E-state index contributed by atoms with van der Waals surface area (Å²) in [6.45, 7) is 5.70. The van der Waals surface area contributed by atoms with Gasteiger partial charge in [-0.25, -0.2) is 4.79 Å². The van der Waals surface area contributed by atoms with Crippen LogP contribution >= 0.6 is 0 Å². The zero-order chi connectivity index (χ0) is 12.2. The van der Waals surface area contributed by atoms with Crippen molar-refractivity contribution in [1.82, 2.24) is 0 Å². The lowest BCUT2D eigenvalue weighted by molar-refractivity contribution is -0.139. The molecule has 0 amide bonds. The molecule has 0 heterocycles. The molecule has 0 N–H and O–H groups in total. The largest absolute Gasteiger partial charge is 0.462 e. The Bertz CT molecular complexity index is 214. The van der Waals surface area contributed by atoms with Crippen LogP contribution in [-0.2, 0) is 14.3 Å². The average Bonchev–Trinajstić information content (AvgIpc) is 2.28. The molecule has 3 nitrogen and oxygen atoms in total. The third-order valence-electron chi connectivity index (χ3n) is 2.20. The Labute approximate surface area is 102 Å². The van der Waals surface area contributed by atoms with E-state index in [0.29, 0.717) is 18.8 Å². The predicted molar refractivity (Wildman–Crippen MR) is 69.8 cm³/mol. The van der Waals surface area contributed by atoms with Crippen LogP contribution in [0.2, 0.25) is 6.04 Å². The third-order valence-corrected chi connectivity index (χ3v) is 2.91. The zero-order valence-corrected chi connectivity index (χ0v) is 12.8. The number of unbranched alkanes of at least 4 members (excludes halogenated alkanes) is 1. The quantitative estimate of drug-likeness (QED) is 0.267. The summed E-state index contributed by atoms with van der Waals surface area (Å²) < 4.78 is 10.4. The highest BCUT2D eigenvalue weighted by atomic mass is 28.1. The molecule has 0 saturated carbocycles. The number of esters is 1. The Kier molecular flexibility index (Phi) is 10.5. The van der Waals surface area contributed by atoms with Crippen molar-refractivity contribution in [2.75, 3.05) is 19.8 Å². The molecule has 0 fully saturated rings. The Morgan fingerprint density at radius 1 is 1.31 bits per heavy atom. The lowest BCUT2D eigenvalue weighted by Gasteiger charge is -2.04. The maximum Gasteiger partial charge on any atom is 0.333 e. The van der Waals surface area contributed by atoms with Gasteiger partial charge >= 0.3 is 5.97 Å². The van der Waals surface area contributed by atoms with Gasteiger partial charge < -0.3 is 9.47 Å². The van der Waals surface area contributed by atoms with E-state index in [0.717, 1.165) is 25.9 Å². The van der Waals surface area contributed by atoms with Gasteiger partial charge in [0.2, 0.25) is 0 Å². The number of carbonyl (C=O) groups excluding carboxylic acids is 1. The standard InChI is InChI=1S/C12H24O3Si/c1-3-4-7-14-9-6-11(2)12(13)15-8-5-10-16/h6H,3-5,7-10H2,1-2,16H3. The van der Waals surface area contributed by atoms with Crippen molar-refractivity contribution in [2.24, 2.45) is 0 Å². The van der Waals surface area contributed by atoms with Gasteiger partial charge in [-0.1, -0.05) is 19.4 Å². The fraction of sp³-hybridized carbons (Fsp3) is 0.750. The van der Waals surface area contributed by atoms with Crippen molar-refractivity contribution >= 4 is 16.2 Å². The molecule has 0 aromatic heterocycles. The normalized spacial score (nSPS) is 11.8. The van der Waals surface area contributed by atoms with E-state index < -0.39 is 0 Å². The van der Waals surface area contributed by atoms with Gasteiger partial charge in [-0.05, 0) is 25.8 Å². The van der Waals surface area contributed by atoms with Gasteiger partial charge in [-0.3, -0.25) is 0 Å². The summed E-state index contributed by atoms with van der Waals surface area (Å²) in [5.74, 6) is -0.214. The van der Waals surface area contributed by atoms with Gasteiger partial charge in [0.1, 0.15) is 0 Å². The van der Waals surface area contributed by atoms with Crippen LogP contribution < -0.4 is 0 Å². The van der Waals surface area contributed by atoms with E-state index >= 15 is 0 Å². The van der Waals surface area contributed by atoms with Crippen molar-refractivity contribution in [1.29, 1.82) is 0 Å². The van der Waals surface area contributed by atoms with E-state index in [9.17, 15) is 4.79 Å². The van der Waals surface area contributed by atoms with Crippen molar-refractivity contribution in [3.63, 3.8) is 0 Å². The smallest absolute Gasteiger partial charge is 0.333 e. The first-order valence-corrected chi connectivity index (χ1v) is 7.55. The maximum atomic E-state index is 11.4. The molecule has 0 aliphatic heterocycles. The Balaban J connectivity index is 3.62. The highest BCUT2D eigenvalue weighted by Crippen LogP contribution is 1.99. The van der Waals surface area contributed by atoms with Gasteiger partial charge in [0, 0.05) is 22.4 Å². The summed E-state index contributed by atoms with van der Waals surface area (Å²) in [7, 11) is 1.17. The second kappa shape index (κ2) is 10.9. The fourth-order valence-electron chi connectivity index (χ4n) is 1.02. The molecule has 0 unspecified atom stereocenters. The number of ether oxygens (including phenoxy) is 2. The van der Waals surface area contributed by atoms with Crippen LogP contribution in [0.25, 0.3) is 0 Å². The molecule has 0 atom stereocenters. The van der Waals surface area contributed by atoms with Crippen LogP contribution in [0, 0.1) is 0 Å². The molecule has 0 aromatic carbocycles. The molecule has 0 aliphatic carbocycles. The first-order chi connectivity index (χ1) is 7.72. The molecule has 0 rings (SSSR count). The van der Waals surface area contributed by atoms with Gasteiger partial charge in [0.15, 0.2) is 0 Å². The van der Waals surface area contributed by atoms with Crippen molar-refractivity contribution in [2.45, 2.75) is 39.2 Å². The first kappa shape index (κ1) is 15.4. The second-order valence-electron chi connectivity index (χ2n) is 3.81. The summed E-state index contributed by atoms with van der Waals surface area (Å²) >= 11 is 0. The lowest BCUT2D eigenvalue weighted by atomic mass is 10.3. The number of carbonyl (C=O) groups is 1. The molecule has 0 aliphatic rings. The molecule has 0 radical (unpaired) electrons. The molecule has 0 saturated heterocycles. The Hall–Kier alpha value is -0.613. The topological polar surface area (TPSA) is 35.5 Å². The zero-order valence-electron chi connectivity index (χ0n) is 10.8. The van der Waals surface area contributed by atoms with Gasteiger partial charge in [0.05, 0.1) is 13.2 Å². The van der Waals surface area contributed by atoms with Crippen LogP contribution in [-0.4, -0.2) is 36.0 Å². The molecule has 0 aromatic rings. The van der Waals surface area contributed by atoms with E-state index in [2.05, 4.69) is 6.92 Å². The highest BCUT2D eigenvalue weighted by Gasteiger charge is 2.04. The SMILES string of the molecule is CCCCOCC=C(C)C(=O)OCCC[SiH3]. The van der Waals surface area contributed by atoms with Crippen LogP contribution in [0.1, 0.15) is 33.1 Å². The van der Waals surface area contributed by atoms with Crippen molar-refractivity contribution < 1.29 is 14.3 Å². The first-order valence-electron chi connectivity index (χ1n) is 6.14. The summed E-state index contributed by atoms with van der Waals surface area (Å²) in [6.07, 6.45) is 4.97. The van der Waals surface area contributed by atoms with Crippen molar-refractivity contribution in [3.05, 3.63) is 11.6 Å². The molecule has 0 bridgehead atoms. The minimum Gasteiger partial charge on any atom is -0.462 e. The average molecular weight is 244 g/mol. The van der Waals surface area contributed by atoms with Gasteiger partial charge in [0.25, 0.3) is 0 Å². The van der Waals surface area contributed by atoms with Crippen molar-refractivity contribution in [3.8, 4) is 0 Å². The summed E-state index contributed by atoms with van der Waals surface area (Å²) in [5, 5.41) is 0. The van der Waals surface area contributed by atoms with E-state index in [1.54, 1.807) is 13.0 Å². The molecule has 0 spiro atoms. The van der Waals surface area contributed by atoms with Gasteiger partial charge in [-0.15, -0.1) is 0 Å². The van der Waals surface area contributed by atoms with E-state index in [-0.39, 0.29) is 5.97 Å². The lowest BCUT2D eigenvalue weighted by Crippen LogP contribution is -2.08. The highest BCUT2D eigenvalue weighted by molar-refractivity contribution is 6.08. The minimum absolute atomic E-state index is 0.214. The fourth-order valence-corrected chi connectivity index (χ4v) is 1.31. The molecule has 4 heteroatoms. The molecule has 16 heavy (non-hydrogen) atoms.